The van der Waals surface area contributed by atoms with Gasteiger partial charge in [0.05, 0.1) is 25.7 Å². The van der Waals surface area contributed by atoms with E-state index in [-0.39, 0.29) is 36.5 Å². The van der Waals surface area contributed by atoms with E-state index in [0.717, 1.165) is 0 Å². The SMILES string of the molecule is CCOC(=O)C1CCC(O)(c2ccc(Cl)nc2OC)C(N=[N+]=[N-])C1. The fourth-order valence-electron chi connectivity index (χ4n) is 3.04. The fraction of sp³-hybridized carbons (Fsp3) is 0.600. The molecule has 1 aromatic rings. The van der Waals surface area contributed by atoms with Crippen molar-refractivity contribution >= 4 is 17.6 Å². The number of ether oxygens (including phenoxy) is 2. The van der Waals surface area contributed by atoms with Gasteiger partial charge in [0.2, 0.25) is 5.88 Å². The summed E-state index contributed by atoms with van der Waals surface area (Å²) in [5.41, 5.74) is 7.76. The third kappa shape index (κ3) is 3.56. The molecule has 1 aliphatic rings. The standard InChI is InChI=1S/C15H19ClN4O4/c1-3-24-14(21)9-6-7-15(22,11(8-9)19-20-17)10-4-5-12(16)18-13(10)23-2/h4-5,9,11,22H,3,6-8H2,1-2H3. The van der Waals surface area contributed by atoms with Gasteiger partial charge < -0.3 is 14.6 Å². The zero-order valence-electron chi connectivity index (χ0n) is 13.5. The van der Waals surface area contributed by atoms with Crippen LogP contribution in [0.4, 0.5) is 0 Å². The summed E-state index contributed by atoms with van der Waals surface area (Å²) in [5, 5.41) is 15.1. The van der Waals surface area contributed by atoms with E-state index in [1.807, 2.05) is 0 Å². The summed E-state index contributed by atoms with van der Waals surface area (Å²) in [5.74, 6) is -0.608. The molecule has 130 valence electrons. The van der Waals surface area contributed by atoms with E-state index in [0.29, 0.717) is 12.0 Å². The van der Waals surface area contributed by atoms with E-state index in [1.165, 1.54) is 13.2 Å². The summed E-state index contributed by atoms with van der Waals surface area (Å²) >= 11 is 5.86. The van der Waals surface area contributed by atoms with Crippen LogP contribution >= 0.6 is 11.6 Å². The quantitative estimate of drug-likeness (QED) is 0.287. The van der Waals surface area contributed by atoms with E-state index in [2.05, 4.69) is 15.0 Å². The summed E-state index contributed by atoms with van der Waals surface area (Å²) in [4.78, 5) is 18.8. The van der Waals surface area contributed by atoms with Gasteiger partial charge >= 0.3 is 5.97 Å². The Balaban J connectivity index is 2.38. The molecular weight excluding hydrogens is 336 g/mol. The molecule has 3 atom stereocenters. The zero-order valence-corrected chi connectivity index (χ0v) is 14.2. The summed E-state index contributed by atoms with van der Waals surface area (Å²) < 4.78 is 10.2. The van der Waals surface area contributed by atoms with Gasteiger partial charge in [0.1, 0.15) is 10.8 Å². The first-order valence-electron chi connectivity index (χ1n) is 7.60. The Morgan fingerprint density at radius 2 is 2.38 bits per heavy atom. The van der Waals surface area contributed by atoms with Crippen LogP contribution in [0.15, 0.2) is 17.2 Å². The summed E-state index contributed by atoms with van der Waals surface area (Å²) in [7, 11) is 1.42. The lowest BCUT2D eigenvalue weighted by atomic mass is 9.72. The van der Waals surface area contributed by atoms with Crippen LogP contribution in [0.5, 0.6) is 5.88 Å². The highest BCUT2D eigenvalue weighted by Gasteiger charge is 2.47. The van der Waals surface area contributed by atoms with Crippen LogP contribution < -0.4 is 4.74 Å². The first-order valence-corrected chi connectivity index (χ1v) is 7.98. The molecule has 0 spiro atoms. The van der Waals surface area contributed by atoms with Crippen LogP contribution in [-0.4, -0.2) is 35.8 Å². The number of halogens is 1. The van der Waals surface area contributed by atoms with Gasteiger partial charge in [-0.25, -0.2) is 4.98 Å². The molecule has 0 saturated heterocycles. The van der Waals surface area contributed by atoms with Gasteiger partial charge in [-0.15, -0.1) is 0 Å². The highest BCUT2D eigenvalue weighted by molar-refractivity contribution is 6.29. The second-order valence-electron chi connectivity index (χ2n) is 5.56. The van der Waals surface area contributed by atoms with E-state index < -0.39 is 17.6 Å². The van der Waals surface area contributed by atoms with Crippen molar-refractivity contribution < 1.29 is 19.4 Å². The smallest absolute Gasteiger partial charge is 0.308 e. The number of aliphatic hydroxyl groups is 1. The number of carbonyl (C=O) groups is 1. The van der Waals surface area contributed by atoms with Gasteiger partial charge in [0.25, 0.3) is 0 Å². The molecule has 0 bridgehead atoms. The van der Waals surface area contributed by atoms with Crippen LogP contribution in [0, 0.1) is 5.92 Å². The van der Waals surface area contributed by atoms with Crippen molar-refractivity contribution in [2.45, 2.75) is 37.8 Å². The van der Waals surface area contributed by atoms with Crippen molar-refractivity contribution in [3.8, 4) is 5.88 Å². The molecule has 8 nitrogen and oxygen atoms in total. The van der Waals surface area contributed by atoms with E-state index in [4.69, 9.17) is 26.6 Å². The molecule has 0 aliphatic heterocycles. The zero-order chi connectivity index (χ0) is 17.7. The van der Waals surface area contributed by atoms with E-state index in [1.54, 1.807) is 13.0 Å². The Hall–Kier alpha value is -2.02. The van der Waals surface area contributed by atoms with Crippen molar-refractivity contribution in [3.05, 3.63) is 33.3 Å². The number of hydrogen-bond donors (Lipinski definition) is 1. The molecule has 1 heterocycles. The summed E-state index contributed by atoms with van der Waals surface area (Å²) in [6, 6.07) is 2.28. The first kappa shape index (κ1) is 18.3. The highest BCUT2D eigenvalue weighted by atomic mass is 35.5. The maximum atomic E-state index is 12.0. The Bertz CT molecular complexity index is 665. The lowest BCUT2D eigenvalue weighted by Crippen LogP contribution is -2.45. The molecule has 1 N–H and O–H groups in total. The minimum atomic E-state index is -1.49. The van der Waals surface area contributed by atoms with Crippen LogP contribution in [0.25, 0.3) is 10.4 Å². The maximum Gasteiger partial charge on any atom is 0.308 e. The second-order valence-corrected chi connectivity index (χ2v) is 5.95. The van der Waals surface area contributed by atoms with Crippen LogP contribution in [0.3, 0.4) is 0 Å². The van der Waals surface area contributed by atoms with Crippen LogP contribution in [0.1, 0.15) is 31.7 Å². The first-order chi connectivity index (χ1) is 11.5. The van der Waals surface area contributed by atoms with Crippen molar-refractivity contribution in [2.75, 3.05) is 13.7 Å². The summed E-state index contributed by atoms with van der Waals surface area (Å²) in [6.45, 7) is 2.01. The molecular formula is C15H19ClN4O4. The third-order valence-corrected chi connectivity index (χ3v) is 4.44. The van der Waals surface area contributed by atoms with Crippen LogP contribution in [-0.2, 0) is 15.1 Å². The highest BCUT2D eigenvalue weighted by Crippen LogP contribution is 2.44. The lowest BCUT2D eigenvalue weighted by Gasteiger charge is -2.40. The normalized spacial score (nSPS) is 26.3. The maximum absolute atomic E-state index is 12.0. The average Bonchev–Trinajstić information content (AvgIpc) is 2.57. The average molecular weight is 355 g/mol. The third-order valence-electron chi connectivity index (χ3n) is 4.23. The minimum absolute atomic E-state index is 0.165. The number of aromatic nitrogens is 1. The molecule has 2 rings (SSSR count). The van der Waals surface area contributed by atoms with Gasteiger partial charge in [-0.3, -0.25) is 4.79 Å². The number of esters is 1. The number of methoxy groups -OCH3 is 1. The Labute approximate surface area is 144 Å². The molecule has 3 unspecified atom stereocenters. The van der Waals surface area contributed by atoms with Gasteiger partial charge in [-0.2, -0.15) is 0 Å². The molecule has 1 fully saturated rings. The molecule has 0 amide bonds. The predicted octanol–water partition coefficient (Wildman–Crippen LogP) is 2.97. The van der Waals surface area contributed by atoms with Crippen molar-refractivity contribution in [1.29, 1.82) is 0 Å². The Morgan fingerprint density at radius 3 is 3.00 bits per heavy atom. The van der Waals surface area contributed by atoms with Gasteiger partial charge in [-0.1, -0.05) is 16.7 Å². The number of nitrogens with zero attached hydrogens (tertiary/aromatic N) is 4. The monoisotopic (exact) mass is 354 g/mol. The van der Waals surface area contributed by atoms with E-state index >= 15 is 0 Å². The van der Waals surface area contributed by atoms with Crippen molar-refractivity contribution in [2.24, 2.45) is 11.0 Å². The number of hydrogen-bond acceptors (Lipinski definition) is 6. The molecule has 1 aliphatic carbocycles. The van der Waals surface area contributed by atoms with Crippen molar-refractivity contribution in [3.63, 3.8) is 0 Å². The molecule has 0 radical (unpaired) electrons. The molecule has 9 heteroatoms. The topological polar surface area (TPSA) is 117 Å². The minimum Gasteiger partial charge on any atom is -0.481 e. The molecule has 0 aromatic carbocycles. The Morgan fingerprint density at radius 1 is 1.62 bits per heavy atom. The summed E-state index contributed by atoms with van der Waals surface area (Å²) in [6.07, 6.45) is 0.795. The van der Waals surface area contributed by atoms with Crippen molar-refractivity contribution in [1.82, 2.24) is 4.98 Å². The predicted molar refractivity (Wildman–Crippen MR) is 86.6 cm³/mol. The lowest BCUT2D eigenvalue weighted by molar-refractivity contribution is -0.152. The van der Waals surface area contributed by atoms with Gasteiger partial charge in [0.15, 0.2) is 0 Å². The molecule has 1 aromatic heterocycles. The van der Waals surface area contributed by atoms with Gasteiger partial charge in [0, 0.05) is 10.5 Å². The number of carbonyl (C=O) groups excluding carboxylic acids is 1. The second kappa shape index (κ2) is 7.70. The number of azide groups is 1. The van der Waals surface area contributed by atoms with E-state index in [9.17, 15) is 9.90 Å². The van der Waals surface area contributed by atoms with Gasteiger partial charge in [-0.05, 0) is 43.9 Å². The number of pyridine rings is 1. The number of rotatable bonds is 5. The molecule has 1 saturated carbocycles. The Kier molecular flexibility index (Phi) is 5.88. The fourth-order valence-corrected chi connectivity index (χ4v) is 3.18. The van der Waals surface area contributed by atoms with Crippen LogP contribution in [0.2, 0.25) is 5.15 Å². The largest absolute Gasteiger partial charge is 0.481 e. The molecule has 24 heavy (non-hydrogen) atoms.